The number of aromatic nitrogens is 1. The minimum Gasteiger partial charge on any atom is -0.477 e. The lowest BCUT2D eigenvalue weighted by molar-refractivity contribution is -0.0963. The summed E-state index contributed by atoms with van der Waals surface area (Å²) >= 11 is 0. The molecular weight excluding hydrogens is 248 g/mol. The summed E-state index contributed by atoms with van der Waals surface area (Å²) in [6.07, 6.45) is 0.0707. The van der Waals surface area contributed by atoms with E-state index in [2.05, 4.69) is 4.98 Å². The van der Waals surface area contributed by atoms with E-state index in [1.807, 2.05) is 18.0 Å². The molecule has 0 bridgehead atoms. The van der Waals surface area contributed by atoms with Gasteiger partial charge in [-0.05, 0) is 19.2 Å². The molecule has 1 aliphatic heterocycles. The van der Waals surface area contributed by atoms with Crippen molar-refractivity contribution in [3.63, 3.8) is 0 Å². The van der Waals surface area contributed by atoms with Gasteiger partial charge in [-0.2, -0.15) is 0 Å². The smallest absolute Gasteiger partial charge is 0.354 e. The van der Waals surface area contributed by atoms with Crippen LogP contribution in [0.4, 0.5) is 0 Å². The fourth-order valence-corrected chi connectivity index (χ4v) is 2.02. The molecule has 0 aromatic carbocycles. The summed E-state index contributed by atoms with van der Waals surface area (Å²) in [4.78, 5) is 17.0. The van der Waals surface area contributed by atoms with Crippen molar-refractivity contribution in [3.8, 4) is 0 Å². The number of carboxylic acid groups (broad SMARTS) is 1. The third-order valence-electron chi connectivity index (χ3n) is 2.86. The molecule has 0 spiro atoms. The molecule has 19 heavy (non-hydrogen) atoms. The minimum absolute atomic E-state index is 0.0707. The Bertz CT molecular complexity index is 432. The number of ether oxygens (including phenoxy) is 2. The SMILES string of the molecule is CN(Cc1cccc(C(=O)O)n1)CC1COCCO1. The third-order valence-corrected chi connectivity index (χ3v) is 2.86. The van der Waals surface area contributed by atoms with Gasteiger partial charge >= 0.3 is 5.97 Å². The number of likely N-dealkylation sites (N-methyl/N-ethyl adjacent to an activating group) is 1. The standard InChI is InChI=1S/C13H18N2O4/c1-15(8-11-9-18-5-6-19-11)7-10-3-2-4-12(14-10)13(16)17/h2-4,11H,5-9H2,1H3,(H,16,17). The van der Waals surface area contributed by atoms with Gasteiger partial charge in [0.2, 0.25) is 0 Å². The van der Waals surface area contributed by atoms with E-state index in [1.165, 1.54) is 6.07 Å². The molecular formula is C13H18N2O4. The summed E-state index contributed by atoms with van der Waals surface area (Å²) < 4.78 is 10.9. The van der Waals surface area contributed by atoms with Gasteiger partial charge in [0.1, 0.15) is 5.69 Å². The maximum atomic E-state index is 10.8. The molecule has 2 heterocycles. The predicted octanol–water partition coefficient (Wildman–Crippen LogP) is 0.627. The maximum absolute atomic E-state index is 10.8. The number of carboxylic acids is 1. The molecule has 104 valence electrons. The van der Waals surface area contributed by atoms with Crippen LogP contribution in [0.5, 0.6) is 0 Å². The molecule has 6 heteroatoms. The van der Waals surface area contributed by atoms with Gasteiger partial charge in [-0.1, -0.05) is 6.07 Å². The summed E-state index contributed by atoms with van der Waals surface area (Å²) in [5, 5.41) is 8.89. The molecule has 6 nitrogen and oxygen atoms in total. The van der Waals surface area contributed by atoms with Crippen LogP contribution in [0, 0.1) is 0 Å². The van der Waals surface area contributed by atoms with E-state index in [-0.39, 0.29) is 11.8 Å². The van der Waals surface area contributed by atoms with Crippen LogP contribution < -0.4 is 0 Å². The molecule has 0 saturated carbocycles. The number of hydrogen-bond acceptors (Lipinski definition) is 5. The zero-order valence-electron chi connectivity index (χ0n) is 10.9. The minimum atomic E-state index is -1.01. The normalized spacial score (nSPS) is 19.6. The van der Waals surface area contributed by atoms with Crippen LogP contribution in [0.25, 0.3) is 0 Å². The molecule has 1 aliphatic rings. The van der Waals surface area contributed by atoms with Crippen LogP contribution in [-0.2, 0) is 16.0 Å². The molecule has 2 rings (SSSR count). The van der Waals surface area contributed by atoms with Crippen molar-refractivity contribution in [2.75, 3.05) is 33.4 Å². The van der Waals surface area contributed by atoms with Gasteiger partial charge in [-0.3, -0.25) is 4.90 Å². The summed E-state index contributed by atoms with van der Waals surface area (Å²) in [5.41, 5.74) is 0.808. The molecule has 0 amide bonds. The van der Waals surface area contributed by atoms with Crippen LogP contribution in [0.15, 0.2) is 18.2 Å². The maximum Gasteiger partial charge on any atom is 0.354 e. The zero-order valence-corrected chi connectivity index (χ0v) is 10.9. The Morgan fingerprint density at radius 1 is 1.53 bits per heavy atom. The molecule has 1 saturated heterocycles. The molecule has 1 aromatic heterocycles. The topological polar surface area (TPSA) is 71.9 Å². The first-order valence-corrected chi connectivity index (χ1v) is 6.22. The van der Waals surface area contributed by atoms with E-state index in [4.69, 9.17) is 14.6 Å². The Morgan fingerprint density at radius 3 is 3.05 bits per heavy atom. The highest BCUT2D eigenvalue weighted by Gasteiger charge is 2.17. The van der Waals surface area contributed by atoms with E-state index < -0.39 is 5.97 Å². The molecule has 0 radical (unpaired) electrons. The summed E-state index contributed by atoms with van der Waals surface area (Å²) in [6.45, 7) is 3.21. The Labute approximate surface area is 112 Å². The number of hydrogen-bond donors (Lipinski definition) is 1. The van der Waals surface area contributed by atoms with E-state index in [1.54, 1.807) is 6.07 Å². The van der Waals surface area contributed by atoms with Crippen molar-refractivity contribution in [2.24, 2.45) is 0 Å². The Morgan fingerprint density at radius 2 is 2.37 bits per heavy atom. The summed E-state index contributed by atoms with van der Waals surface area (Å²) in [7, 11) is 1.95. The number of rotatable bonds is 5. The number of pyridine rings is 1. The van der Waals surface area contributed by atoms with Gasteiger partial charge in [-0.15, -0.1) is 0 Å². The van der Waals surface area contributed by atoms with E-state index in [0.29, 0.717) is 26.4 Å². The van der Waals surface area contributed by atoms with Crippen LogP contribution in [-0.4, -0.2) is 60.5 Å². The Balaban J connectivity index is 1.88. The molecule has 1 unspecified atom stereocenters. The van der Waals surface area contributed by atoms with Crippen molar-refractivity contribution >= 4 is 5.97 Å². The van der Waals surface area contributed by atoms with Gasteiger partial charge in [0.15, 0.2) is 0 Å². The fraction of sp³-hybridized carbons (Fsp3) is 0.538. The predicted molar refractivity (Wildman–Crippen MR) is 68.1 cm³/mol. The van der Waals surface area contributed by atoms with Crippen molar-refractivity contribution < 1.29 is 19.4 Å². The monoisotopic (exact) mass is 266 g/mol. The van der Waals surface area contributed by atoms with Crippen LogP contribution in [0.1, 0.15) is 16.2 Å². The fourth-order valence-electron chi connectivity index (χ4n) is 2.02. The van der Waals surface area contributed by atoms with E-state index >= 15 is 0 Å². The van der Waals surface area contributed by atoms with Crippen LogP contribution in [0.2, 0.25) is 0 Å². The lowest BCUT2D eigenvalue weighted by atomic mass is 10.2. The van der Waals surface area contributed by atoms with Crippen molar-refractivity contribution in [3.05, 3.63) is 29.6 Å². The summed E-state index contributed by atoms with van der Waals surface area (Å²) in [6, 6.07) is 5.02. The quantitative estimate of drug-likeness (QED) is 0.842. The lowest BCUT2D eigenvalue weighted by Crippen LogP contribution is -2.38. The Hall–Kier alpha value is -1.50. The number of aromatic carboxylic acids is 1. The molecule has 1 N–H and O–H groups in total. The van der Waals surface area contributed by atoms with E-state index in [9.17, 15) is 4.79 Å². The first-order valence-electron chi connectivity index (χ1n) is 6.22. The van der Waals surface area contributed by atoms with Gasteiger partial charge in [0, 0.05) is 13.1 Å². The highest BCUT2D eigenvalue weighted by molar-refractivity contribution is 5.85. The second-order valence-electron chi connectivity index (χ2n) is 4.58. The first kappa shape index (κ1) is 13.9. The third kappa shape index (κ3) is 4.27. The highest BCUT2D eigenvalue weighted by Crippen LogP contribution is 2.06. The van der Waals surface area contributed by atoms with Crippen molar-refractivity contribution in [2.45, 2.75) is 12.6 Å². The highest BCUT2D eigenvalue weighted by atomic mass is 16.6. The molecule has 1 atom stereocenters. The Kier molecular flexibility index (Phi) is 4.84. The average molecular weight is 266 g/mol. The molecule has 0 aliphatic carbocycles. The lowest BCUT2D eigenvalue weighted by Gasteiger charge is -2.27. The molecule has 1 aromatic rings. The zero-order chi connectivity index (χ0) is 13.7. The number of carbonyl (C=O) groups is 1. The van der Waals surface area contributed by atoms with Crippen molar-refractivity contribution in [1.82, 2.24) is 9.88 Å². The largest absolute Gasteiger partial charge is 0.477 e. The van der Waals surface area contributed by atoms with Crippen LogP contribution in [0.3, 0.4) is 0 Å². The average Bonchev–Trinajstić information content (AvgIpc) is 2.40. The molecule has 1 fully saturated rings. The van der Waals surface area contributed by atoms with Crippen LogP contribution >= 0.6 is 0 Å². The van der Waals surface area contributed by atoms with Crippen molar-refractivity contribution in [1.29, 1.82) is 0 Å². The summed E-state index contributed by atoms with van der Waals surface area (Å²) in [5.74, 6) is -1.01. The van der Waals surface area contributed by atoms with Gasteiger partial charge in [0.05, 0.1) is 31.6 Å². The first-order chi connectivity index (χ1) is 9.15. The van der Waals surface area contributed by atoms with Gasteiger partial charge in [-0.25, -0.2) is 9.78 Å². The second-order valence-corrected chi connectivity index (χ2v) is 4.58. The van der Waals surface area contributed by atoms with Gasteiger partial charge in [0.25, 0.3) is 0 Å². The number of nitrogens with zero attached hydrogens (tertiary/aromatic N) is 2. The van der Waals surface area contributed by atoms with E-state index in [0.717, 1.165) is 12.2 Å². The second kappa shape index (κ2) is 6.60. The van der Waals surface area contributed by atoms with Gasteiger partial charge < -0.3 is 14.6 Å².